The van der Waals surface area contributed by atoms with Gasteiger partial charge >= 0.3 is 0 Å². The number of aromatic hydroxyl groups is 1. The second-order valence-corrected chi connectivity index (χ2v) is 6.32. The molecule has 1 heterocycles. The largest absolute Gasteiger partial charge is 0.507 e. The van der Waals surface area contributed by atoms with Crippen LogP contribution in [0.5, 0.6) is 5.75 Å². The number of hydrogen-bond donors (Lipinski definition) is 3. The van der Waals surface area contributed by atoms with Crippen LogP contribution in [0.15, 0.2) is 47.6 Å². The number of nitrogens with zero attached hydrogens (tertiary/aromatic N) is 5. The molecule has 144 valence electrons. The molecule has 0 spiro atoms. The number of halogens is 2. The van der Waals surface area contributed by atoms with E-state index in [0.29, 0.717) is 22.2 Å². The van der Waals surface area contributed by atoms with E-state index >= 15 is 0 Å². The van der Waals surface area contributed by atoms with Crippen molar-refractivity contribution >= 4 is 41.3 Å². The first-order valence-corrected chi connectivity index (χ1v) is 8.52. The molecular weight excluding hydrogens is 385 g/mol. The van der Waals surface area contributed by atoms with Crippen LogP contribution in [0.4, 0.5) is 27.9 Å². The van der Waals surface area contributed by atoms with Crippen molar-refractivity contribution in [2.75, 3.05) is 29.7 Å². The number of rotatable bonds is 6. The first kappa shape index (κ1) is 19.3. The van der Waals surface area contributed by atoms with Gasteiger partial charge in [-0.3, -0.25) is 0 Å². The SMILES string of the molecule is CN(C)c1nc(NN=Cc2cc(Cl)ccc2O)nc(Nc2ccc(F)cc2)n1. The van der Waals surface area contributed by atoms with Gasteiger partial charge in [-0.2, -0.15) is 20.1 Å². The Labute approximate surface area is 165 Å². The van der Waals surface area contributed by atoms with E-state index in [1.807, 2.05) is 0 Å². The molecule has 3 rings (SSSR count). The average molecular weight is 402 g/mol. The van der Waals surface area contributed by atoms with Crippen molar-refractivity contribution in [3.63, 3.8) is 0 Å². The van der Waals surface area contributed by atoms with Crippen LogP contribution in [0.2, 0.25) is 5.02 Å². The fraction of sp³-hybridized carbons (Fsp3) is 0.111. The zero-order valence-electron chi connectivity index (χ0n) is 15.1. The quantitative estimate of drug-likeness (QED) is 0.428. The zero-order valence-corrected chi connectivity index (χ0v) is 15.8. The van der Waals surface area contributed by atoms with E-state index in [1.165, 1.54) is 24.4 Å². The summed E-state index contributed by atoms with van der Waals surface area (Å²) in [6.07, 6.45) is 1.40. The van der Waals surface area contributed by atoms with E-state index in [-0.39, 0.29) is 23.5 Å². The van der Waals surface area contributed by atoms with E-state index in [4.69, 9.17) is 11.6 Å². The summed E-state index contributed by atoms with van der Waals surface area (Å²) in [5.41, 5.74) is 3.75. The second-order valence-electron chi connectivity index (χ2n) is 5.88. The molecule has 28 heavy (non-hydrogen) atoms. The smallest absolute Gasteiger partial charge is 0.250 e. The van der Waals surface area contributed by atoms with Gasteiger partial charge in [-0.25, -0.2) is 9.82 Å². The van der Waals surface area contributed by atoms with Crippen LogP contribution in [0, 0.1) is 5.82 Å². The molecule has 0 aliphatic rings. The molecule has 0 saturated heterocycles. The number of nitrogens with one attached hydrogen (secondary N) is 2. The highest BCUT2D eigenvalue weighted by Gasteiger charge is 2.08. The minimum absolute atomic E-state index is 0.0400. The molecule has 2 aromatic carbocycles. The summed E-state index contributed by atoms with van der Waals surface area (Å²) in [6.45, 7) is 0. The number of aromatic nitrogens is 3. The Kier molecular flexibility index (Phi) is 5.85. The summed E-state index contributed by atoms with van der Waals surface area (Å²) in [5.74, 6) is 0.534. The molecule has 3 aromatic rings. The van der Waals surface area contributed by atoms with Gasteiger partial charge in [-0.05, 0) is 42.5 Å². The molecule has 3 N–H and O–H groups in total. The van der Waals surface area contributed by atoms with Gasteiger partial charge in [-0.15, -0.1) is 0 Å². The molecule has 0 fully saturated rings. The van der Waals surface area contributed by atoms with Gasteiger partial charge in [-0.1, -0.05) is 11.6 Å². The molecule has 0 radical (unpaired) electrons. The topological polar surface area (TPSA) is 98.6 Å². The van der Waals surface area contributed by atoms with E-state index in [1.54, 1.807) is 43.3 Å². The molecule has 0 amide bonds. The zero-order chi connectivity index (χ0) is 20.1. The van der Waals surface area contributed by atoms with Gasteiger partial charge in [0.05, 0.1) is 6.21 Å². The maximum Gasteiger partial charge on any atom is 0.250 e. The molecule has 0 aliphatic carbocycles. The number of anilines is 4. The Balaban J connectivity index is 1.81. The van der Waals surface area contributed by atoms with Crippen molar-refractivity contribution in [1.29, 1.82) is 0 Å². The molecule has 10 heteroatoms. The predicted octanol–water partition coefficient (Wildman–Crippen LogP) is 3.63. The molecule has 0 unspecified atom stereocenters. The molecule has 8 nitrogen and oxygen atoms in total. The first-order valence-electron chi connectivity index (χ1n) is 8.14. The van der Waals surface area contributed by atoms with E-state index in [9.17, 15) is 9.50 Å². The highest BCUT2D eigenvalue weighted by molar-refractivity contribution is 6.30. The number of hydrogen-bond acceptors (Lipinski definition) is 8. The Morgan fingerprint density at radius 1 is 1.07 bits per heavy atom. The first-order chi connectivity index (χ1) is 13.4. The van der Waals surface area contributed by atoms with Gasteiger partial charge in [0.2, 0.25) is 17.8 Å². The minimum atomic E-state index is -0.337. The van der Waals surface area contributed by atoms with Gasteiger partial charge in [0, 0.05) is 30.4 Å². The van der Waals surface area contributed by atoms with Crippen LogP contribution in [-0.2, 0) is 0 Å². The Morgan fingerprint density at radius 2 is 1.79 bits per heavy atom. The minimum Gasteiger partial charge on any atom is -0.507 e. The lowest BCUT2D eigenvalue weighted by Crippen LogP contribution is -2.15. The fourth-order valence-corrected chi connectivity index (χ4v) is 2.30. The van der Waals surface area contributed by atoms with Crippen molar-refractivity contribution in [3.05, 3.63) is 58.9 Å². The summed E-state index contributed by atoms with van der Waals surface area (Å²) >= 11 is 5.91. The van der Waals surface area contributed by atoms with Crippen molar-refractivity contribution in [2.24, 2.45) is 5.10 Å². The number of phenolic OH excluding ortho intramolecular Hbond substituents is 1. The lowest BCUT2D eigenvalue weighted by Gasteiger charge is -2.13. The average Bonchev–Trinajstić information content (AvgIpc) is 2.66. The highest BCUT2D eigenvalue weighted by atomic mass is 35.5. The normalized spacial score (nSPS) is 10.9. The maximum absolute atomic E-state index is 13.1. The van der Waals surface area contributed by atoms with Gasteiger partial charge < -0.3 is 15.3 Å². The van der Waals surface area contributed by atoms with Crippen molar-refractivity contribution in [2.45, 2.75) is 0 Å². The second kappa shape index (κ2) is 8.49. The third kappa shape index (κ3) is 5.04. The van der Waals surface area contributed by atoms with Crippen molar-refractivity contribution in [3.8, 4) is 5.75 Å². The number of hydrazone groups is 1. The summed E-state index contributed by atoms with van der Waals surface area (Å²) in [7, 11) is 3.57. The van der Waals surface area contributed by atoms with Crippen LogP contribution in [0.3, 0.4) is 0 Å². The maximum atomic E-state index is 13.1. The lowest BCUT2D eigenvalue weighted by molar-refractivity contribution is 0.474. The van der Waals surface area contributed by atoms with Crippen LogP contribution in [0.1, 0.15) is 5.56 Å². The van der Waals surface area contributed by atoms with E-state index in [2.05, 4.69) is 30.8 Å². The van der Waals surface area contributed by atoms with Crippen LogP contribution >= 0.6 is 11.6 Å². The summed E-state index contributed by atoms with van der Waals surface area (Å²) in [6, 6.07) is 10.4. The predicted molar refractivity (Wildman–Crippen MR) is 108 cm³/mol. The third-order valence-corrected chi connectivity index (χ3v) is 3.72. The third-order valence-electron chi connectivity index (χ3n) is 3.48. The standard InChI is InChI=1S/C18H17ClFN7O/c1-27(2)18-24-16(22-14-6-4-13(20)5-7-14)23-17(25-18)26-21-10-11-9-12(19)3-8-15(11)28/h3-10,28H,1-2H3,(H2,22,23,24,25,26). The number of phenols is 1. The summed E-state index contributed by atoms with van der Waals surface area (Å²) in [4.78, 5) is 14.5. The van der Waals surface area contributed by atoms with E-state index in [0.717, 1.165) is 0 Å². The van der Waals surface area contributed by atoms with Crippen LogP contribution < -0.4 is 15.6 Å². The molecular formula is C18H17ClFN7O. The Morgan fingerprint density at radius 3 is 2.50 bits per heavy atom. The molecule has 0 saturated carbocycles. The molecule has 0 atom stereocenters. The summed E-state index contributed by atoms with van der Waals surface area (Å²) < 4.78 is 13.1. The Bertz CT molecular complexity index is 996. The van der Waals surface area contributed by atoms with Gasteiger partial charge in [0.25, 0.3) is 0 Å². The monoisotopic (exact) mass is 401 g/mol. The summed E-state index contributed by atoms with van der Waals surface area (Å²) in [5, 5.41) is 17.3. The molecule has 1 aromatic heterocycles. The molecule has 0 aliphatic heterocycles. The van der Waals surface area contributed by atoms with Gasteiger partial charge in [0.15, 0.2) is 0 Å². The van der Waals surface area contributed by atoms with E-state index < -0.39 is 0 Å². The van der Waals surface area contributed by atoms with Crippen LogP contribution in [0.25, 0.3) is 0 Å². The fourth-order valence-electron chi connectivity index (χ4n) is 2.12. The Hall–Kier alpha value is -3.46. The van der Waals surface area contributed by atoms with Crippen molar-refractivity contribution < 1.29 is 9.50 Å². The van der Waals surface area contributed by atoms with Crippen LogP contribution in [-0.4, -0.2) is 40.4 Å². The van der Waals surface area contributed by atoms with Gasteiger partial charge in [0.1, 0.15) is 11.6 Å². The number of benzene rings is 2. The molecule has 0 bridgehead atoms. The highest BCUT2D eigenvalue weighted by Crippen LogP contribution is 2.20. The lowest BCUT2D eigenvalue weighted by atomic mass is 10.2. The van der Waals surface area contributed by atoms with Crippen molar-refractivity contribution in [1.82, 2.24) is 15.0 Å².